The molecule has 0 radical (unpaired) electrons. The predicted octanol–water partition coefficient (Wildman–Crippen LogP) is 6.70. The minimum atomic E-state index is -1.12. The molecule has 1 aliphatic rings. The van der Waals surface area contributed by atoms with Gasteiger partial charge in [-0.3, -0.25) is 9.59 Å². The molecule has 0 spiro atoms. The number of aryl methyl sites for hydroxylation is 1. The number of halogens is 3. The van der Waals surface area contributed by atoms with Gasteiger partial charge in [-0.05, 0) is 72.9 Å². The lowest BCUT2D eigenvalue weighted by atomic mass is 9.87. The number of carbonyl (C=O) groups is 2. The molecule has 0 aliphatic carbocycles. The molecule has 35 heavy (non-hydrogen) atoms. The number of hydrogen-bond donors (Lipinski definition) is 1. The molecule has 1 atom stereocenters. The molecule has 3 aromatic carbocycles. The van der Waals surface area contributed by atoms with Gasteiger partial charge >= 0.3 is 5.97 Å². The largest absolute Gasteiger partial charge is 0.487 e. The van der Waals surface area contributed by atoms with Crippen molar-refractivity contribution in [1.82, 2.24) is 4.90 Å². The van der Waals surface area contributed by atoms with Crippen molar-refractivity contribution in [3.63, 3.8) is 0 Å². The van der Waals surface area contributed by atoms with Crippen LogP contribution < -0.4 is 4.74 Å². The number of rotatable bonds is 7. The van der Waals surface area contributed by atoms with E-state index in [0.29, 0.717) is 26.2 Å². The fourth-order valence-electron chi connectivity index (χ4n) is 4.30. The van der Waals surface area contributed by atoms with Crippen LogP contribution in [0.15, 0.2) is 60.7 Å². The van der Waals surface area contributed by atoms with Crippen molar-refractivity contribution in [2.24, 2.45) is 0 Å². The molecule has 1 aliphatic heterocycles. The summed E-state index contributed by atoms with van der Waals surface area (Å²) in [6.07, 6.45) is 2.24. The molecule has 0 aromatic heterocycles. The number of carbonyl (C=O) groups excluding carboxylic acids is 1. The summed E-state index contributed by atoms with van der Waals surface area (Å²) in [4.78, 5) is 26.0. The van der Waals surface area contributed by atoms with Gasteiger partial charge in [0.15, 0.2) is 0 Å². The minimum Gasteiger partial charge on any atom is -0.487 e. The van der Waals surface area contributed by atoms with Crippen molar-refractivity contribution < 1.29 is 19.4 Å². The molecule has 1 amide bonds. The third kappa shape index (κ3) is 6.10. The van der Waals surface area contributed by atoms with Crippen molar-refractivity contribution in [2.45, 2.75) is 38.3 Å². The van der Waals surface area contributed by atoms with Gasteiger partial charge in [0.2, 0.25) is 0 Å². The first-order valence-corrected chi connectivity index (χ1v) is 12.3. The maximum Gasteiger partial charge on any atom is 0.323 e. The number of fused-ring (bicyclic) bond motifs is 1. The van der Waals surface area contributed by atoms with Crippen molar-refractivity contribution in [3.8, 4) is 5.75 Å². The number of benzene rings is 3. The van der Waals surface area contributed by atoms with Gasteiger partial charge in [0.1, 0.15) is 17.9 Å². The summed E-state index contributed by atoms with van der Waals surface area (Å²) in [5.74, 6) is -0.788. The molecular formula is C27H24Cl3NO4. The van der Waals surface area contributed by atoms with Gasteiger partial charge in [-0.25, -0.2) is 0 Å². The van der Waals surface area contributed by atoms with Crippen LogP contribution in [0.25, 0.3) is 0 Å². The maximum absolute atomic E-state index is 13.3. The van der Waals surface area contributed by atoms with Crippen molar-refractivity contribution in [1.29, 1.82) is 0 Å². The summed E-state index contributed by atoms with van der Waals surface area (Å²) < 4.78 is 6.35. The zero-order valence-electron chi connectivity index (χ0n) is 19.1. The smallest absolute Gasteiger partial charge is 0.323 e. The third-order valence-corrected chi connectivity index (χ3v) is 7.19. The van der Waals surface area contributed by atoms with Crippen LogP contribution in [0.5, 0.6) is 5.75 Å². The van der Waals surface area contributed by atoms with Gasteiger partial charge in [-0.2, -0.15) is 0 Å². The van der Waals surface area contributed by atoms with Crippen LogP contribution >= 0.6 is 34.8 Å². The van der Waals surface area contributed by atoms with E-state index in [-0.39, 0.29) is 12.1 Å². The van der Waals surface area contributed by atoms with Gasteiger partial charge in [0.05, 0.1) is 10.0 Å². The average molecular weight is 533 g/mol. The van der Waals surface area contributed by atoms with Crippen molar-refractivity contribution >= 4 is 46.7 Å². The topological polar surface area (TPSA) is 66.8 Å². The van der Waals surface area contributed by atoms with Crippen molar-refractivity contribution in [3.05, 3.63) is 98.0 Å². The third-order valence-electron chi connectivity index (χ3n) is 6.08. The van der Waals surface area contributed by atoms with Crippen LogP contribution in [0.4, 0.5) is 0 Å². The van der Waals surface area contributed by atoms with Gasteiger partial charge in [0, 0.05) is 23.6 Å². The van der Waals surface area contributed by atoms with Gasteiger partial charge in [0.25, 0.3) is 5.91 Å². The molecule has 8 heteroatoms. The molecule has 5 nitrogen and oxygen atoms in total. The average Bonchev–Trinajstić information content (AvgIpc) is 2.82. The highest BCUT2D eigenvalue weighted by Gasteiger charge is 2.32. The number of hydrogen-bond acceptors (Lipinski definition) is 3. The molecule has 1 N–H and O–H groups in total. The van der Waals surface area contributed by atoms with E-state index in [1.54, 1.807) is 36.4 Å². The Hall–Kier alpha value is -2.73. The molecule has 0 saturated heterocycles. The number of carboxylic acids is 1. The zero-order valence-corrected chi connectivity index (χ0v) is 21.3. The van der Waals surface area contributed by atoms with Crippen LogP contribution in [0, 0.1) is 0 Å². The highest BCUT2D eigenvalue weighted by Crippen LogP contribution is 2.36. The molecule has 4 rings (SSSR count). The quantitative estimate of drug-likeness (QED) is 0.368. The van der Waals surface area contributed by atoms with Crippen LogP contribution in [0.2, 0.25) is 15.1 Å². The second-order valence-electron chi connectivity index (χ2n) is 8.95. The highest BCUT2D eigenvalue weighted by atomic mass is 35.5. The van der Waals surface area contributed by atoms with E-state index in [2.05, 4.69) is 6.92 Å². The second-order valence-corrected chi connectivity index (χ2v) is 10.2. The number of carboxylic acid groups (broad SMARTS) is 1. The standard InChI is InChI=1S/C27H24Cl3NO4/c1-27(14-17-5-8-21(28)9-6-17)12-11-18-13-19(7-10-23(18)35-27)26(34)31(16-24(32)33)15-20-3-2-4-22(29)25(20)30/h2-10,13H,11-12,14-16H2,1H3,(H,32,33)/t27-/m0/s1. The van der Waals surface area contributed by atoms with E-state index in [9.17, 15) is 14.7 Å². The molecule has 3 aromatic rings. The Kier molecular flexibility index (Phi) is 7.60. The van der Waals surface area contributed by atoms with E-state index < -0.39 is 18.4 Å². The summed E-state index contributed by atoms with van der Waals surface area (Å²) in [5, 5.41) is 10.7. The summed E-state index contributed by atoms with van der Waals surface area (Å²) in [6, 6.07) is 18.0. The first-order valence-electron chi connectivity index (χ1n) is 11.1. The Balaban J connectivity index is 1.53. The Labute approximate surface area is 219 Å². The lowest BCUT2D eigenvalue weighted by molar-refractivity contribution is -0.137. The summed E-state index contributed by atoms with van der Waals surface area (Å²) in [6.45, 7) is 1.64. The van der Waals surface area contributed by atoms with Gasteiger partial charge < -0.3 is 14.7 Å². The molecular weight excluding hydrogens is 509 g/mol. The van der Waals surface area contributed by atoms with E-state index >= 15 is 0 Å². The van der Waals surface area contributed by atoms with Crippen LogP contribution in [-0.2, 0) is 24.2 Å². The number of ether oxygens (including phenoxy) is 1. The summed E-state index contributed by atoms with van der Waals surface area (Å²) in [5.41, 5.74) is 2.64. The van der Waals surface area contributed by atoms with Gasteiger partial charge in [-0.15, -0.1) is 0 Å². The van der Waals surface area contributed by atoms with Crippen LogP contribution in [0.3, 0.4) is 0 Å². The molecule has 1 heterocycles. The molecule has 0 bridgehead atoms. The molecule has 0 unspecified atom stereocenters. The first-order chi connectivity index (χ1) is 16.6. The SMILES string of the molecule is C[C@@]1(Cc2ccc(Cl)cc2)CCc2cc(C(=O)N(CC(=O)O)Cc3cccc(Cl)c3Cl)ccc2O1. The van der Waals surface area contributed by atoms with Gasteiger partial charge in [-0.1, -0.05) is 59.1 Å². The monoisotopic (exact) mass is 531 g/mol. The Bertz CT molecular complexity index is 1260. The maximum atomic E-state index is 13.3. The first kappa shape index (κ1) is 25.4. The Morgan fingerprint density at radius 2 is 1.80 bits per heavy atom. The number of aliphatic carboxylic acids is 1. The van der Waals surface area contributed by atoms with Crippen molar-refractivity contribution in [2.75, 3.05) is 6.54 Å². The van der Waals surface area contributed by atoms with Crippen LogP contribution in [-0.4, -0.2) is 34.0 Å². The van der Waals surface area contributed by atoms with Crippen LogP contribution in [0.1, 0.15) is 40.4 Å². The Morgan fingerprint density at radius 1 is 1.06 bits per heavy atom. The lowest BCUT2D eigenvalue weighted by Gasteiger charge is -2.36. The van der Waals surface area contributed by atoms with E-state index in [1.807, 2.05) is 24.3 Å². The normalized spacial score (nSPS) is 16.8. The fourth-order valence-corrected chi connectivity index (χ4v) is 4.81. The predicted molar refractivity (Wildman–Crippen MR) is 138 cm³/mol. The fraction of sp³-hybridized carbons (Fsp3) is 0.259. The molecule has 182 valence electrons. The summed E-state index contributed by atoms with van der Waals surface area (Å²) in [7, 11) is 0. The molecule has 0 fully saturated rings. The van der Waals surface area contributed by atoms with E-state index in [0.717, 1.165) is 36.1 Å². The highest BCUT2D eigenvalue weighted by molar-refractivity contribution is 6.42. The molecule has 0 saturated carbocycles. The zero-order chi connectivity index (χ0) is 25.2. The number of nitrogens with zero attached hydrogens (tertiary/aromatic N) is 1. The summed E-state index contributed by atoms with van der Waals surface area (Å²) >= 11 is 18.4. The minimum absolute atomic E-state index is 0.0251. The van der Waals surface area contributed by atoms with E-state index in [1.165, 1.54) is 4.90 Å². The number of amides is 1. The second kappa shape index (κ2) is 10.5. The van der Waals surface area contributed by atoms with E-state index in [4.69, 9.17) is 39.5 Å². The Morgan fingerprint density at radius 3 is 2.51 bits per heavy atom. The lowest BCUT2D eigenvalue weighted by Crippen LogP contribution is -2.39.